The van der Waals surface area contributed by atoms with E-state index in [2.05, 4.69) is 0 Å². The zero-order valence-corrected chi connectivity index (χ0v) is 13.8. The fourth-order valence-electron chi connectivity index (χ4n) is 3.44. The van der Waals surface area contributed by atoms with E-state index in [1.165, 1.54) is 11.0 Å². The second-order valence-electron chi connectivity index (χ2n) is 6.47. The van der Waals surface area contributed by atoms with Crippen LogP contribution in [0.2, 0.25) is 0 Å². The van der Waals surface area contributed by atoms with Crippen LogP contribution in [0.1, 0.15) is 43.4 Å². The predicted octanol–water partition coefficient (Wildman–Crippen LogP) is 3.42. The van der Waals surface area contributed by atoms with Crippen LogP contribution in [0.4, 0.5) is 13.2 Å². The number of carbonyl (C=O) groups is 1. The Balaban J connectivity index is 1.91. The maximum absolute atomic E-state index is 13.0. The summed E-state index contributed by atoms with van der Waals surface area (Å²) in [5.74, 6) is 0.289. The Morgan fingerprint density at radius 3 is 2.80 bits per heavy atom. The number of nitrogens with zero attached hydrogens (tertiary/aromatic N) is 1. The molecule has 136 valence electrons. The van der Waals surface area contributed by atoms with Gasteiger partial charge in [0.15, 0.2) is 0 Å². The van der Waals surface area contributed by atoms with E-state index in [1.807, 2.05) is 0 Å². The van der Waals surface area contributed by atoms with Crippen LogP contribution >= 0.6 is 0 Å². The molecule has 0 saturated carbocycles. The summed E-state index contributed by atoms with van der Waals surface area (Å²) in [6, 6.07) is 4.38. The highest BCUT2D eigenvalue weighted by molar-refractivity contribution is 5.94. The number of amides is 1. The molecule has 0 aromatic heterocycles. The number of hydrogen-bond donors (Lipinski definition) is 1. The lowest BCUT2D eigenvalue weighted by molar-refractivity contribution is -0.137. The number of alkyl halides is 3. The Morgan fingerprint density at radius 2 is 2.12 bits per heavy atom. The first-order chi connectivity index (χ1) is 11.8. The van der Waals surface area contributed by atoms with Gasteiger partial charge in [0.2, 0.25) is 0 Å². The van der Waals surface area contributed by atoms with Crippen molar-refractivity contribution in [2.45, 2.75) is 44.5 Å². The highest BCUT2D eigenvalue weighted by Gasteiger charge is 2.38. The van der Waals surface area contributed by atoms with E-state index in [-0.39, 0.29) is 18.9 Å². The van der Waals surface area contributed by atoms with Crippen LogP contribution in [0.3, 0.4) is 0 Å². The van der Waals surface area contributed by atoms with E-state index in [4.69, 9.17) is 4.74 Å². The van der Waals surface area contributed by atoms with Crippen LogP contribution in [0.25, 0.3) is 0 Å². The summed E-state index contributed by atoms with van der Waals surface area (Å²) in [7, 11) is 0. The van der Waals surface area contributed by atoms with Crippen LogP contribution in [0, 0.1) is 0 Å². The Morgan fingerprint density at radius 1 is 1.36 bits per heavy atom. The molecule has 0 spiro atoms. The van der Waals surface area contributed by atoms with Crippen LogP contribution in [0.15, 0.2) is 35.6 Å². The van der Waals surface area contributed by atoms with Gasteiger partial charge in [0, 0.05) is 6.54 Å². The number of halogens is 3. The van der Waals surface area contributed by atoms with Crippen molar-refractivity contribution >= 4 is 5.91 Å². The summed E-state index contributed by atoms with van der Waals surface area (Å²) in [4.78, 5) is 14.3. The average Bonchev–Trinajstić information content (AvgIpc) is 2.96. The van der Waals surface area contributed by atoms with E-state index in [1.54, 1.807) is 13.0 Å². The summed E-state index contributed by atoms with van der Waals surface area (Å²) in [6.45, 7) is 2.39. The van der Waals surface area contributed by atoms with Gasteiger partial charge in [0.1, 0.15) is 5.76 Å². The van der Waals surface area contributed by atoms with Gasteiger partial charge in [-0.05, 0) is 43.9 Å². The van der Waals surface area contributed by atoms with Crippen LogP contribution in [-0.4, -0.2) is 35.2 Å². The van der Waals surface area contributed by atoms with Gasteiger partial charge >= 0.3 is 6.18 Å². The van der Waals surface area contributed by atoms with E-state index in [0.717, 1.165) is 18.6 Å². The van der Waals surface area contributed by atoms with Crippen LogP contribution < -0.4 is 0 Å². The molecule has 7 heteroatoms. The molecule has 1 saturated heterocycles. The fourth-order valence-corrected chi connectivity index (χ4v) is 3.44. The minimum absolute atomic E-state index is 0.108. The molecule has 1 N–H and O–H groups in total. The van der Waals surface area contributed by atoms with Gasteiger partial charge in [-0.3, -0.25) is 4.79 Å². The van der Waals surface area contributed by atoms with Gasteiger partial charge in [-0.1, -0.05) is 12.1 Å². The molecule has 2 aliphatic rings. The SMILES string of the molecule is CC1=C(C(=O)N2C[C@H](O)C[C@H]2c2cccc(C(F)(F)F)c2)CCCO1. The van der Waals surface area contributed by atoms with Gasteiger partial charge < -0.3 is 14.7 Å². The molecule has 0 radical (unpaired) electrons. The van der Waals surface area contributed by atoms with Gasteiger partial charge in [0.25, 0.3) is 5.91 Å². The smallest absolute Gasteiger partial charge is 0.416 e. The molecule has 2 atom stereocenters. The normalized spacial score (nSPS) is 24.4. The first kappa shape index (κ1) is 17.8. The van der Waals surface area contributed by atoms with E-state index in [9.17, 15) is 23.1 Å². The molecule has 0 bridgehead atoms. The number of benzene rings is 1. The van der Waals surface area contributed by atoms with E-state index in [0.29, 0.717) is 29.9 Å². The molecule has 2 aliphatic heterocycles. The molecule has 3 rings (SSSR count). The Bertz CT molecular complexity index is 699. The van der Waals surface area contributed by atoms with Crippen molar-refractivity contribution in [3.8, 4) is 0 Å². The molecule has 0 aliphatic carbocycles. The number of likely N-dealkylation sites (tertiary alicyclic amines) is 1. The quantitative estimate of drug-likeness (QED) is 0.884. The minimum atomic E-state index is -4.45. The Labute approximate surface area is 143 Å². The minimum Gasteiger partial charge on any atom is -0.498 e. The van der Waals surface area contributed by atoms with E-state index >= 15 is 0 Å². The summed E-state index contributed by atoms with van der Waals surface area (Å²) in [6.07, 6.45) is -3.68. The first-order valence-electron chi connectivity index (χ1n) is 8.26. The van der Waals surface area contributed by atoms with Crippen molar-refractivity contribution in [2.75, 3.05) is 13.2 Å². The van der Waals surface area contributed by atoms with Crippen molar-refractivity contribution in [2.24, 2.45) is 0 Å². The lowest BCUT2D eigenvalue weighted by Crippen LogP contribution is -2.34. The summed E-state index contributed by atoms with van der Waals surface area (Å²) >= 11 is 0. The van der Waals surface area contributed by atoms with Gasteiger partial charge in [-0.2, -0.15) is 13.2 Å². The lowest BCUT2D eigenvalue weighted by Gasteiger charge is -2.28. The number of β-amino-alcohol motifs (C(OH)–C–C–N with tert-alkyl or cyclic N) is 1. The Kier molecular flexibility index (Phi) is 4.77. The third-order valence-corrected chi connectivity index (χ3v) is 4.71. The molecule has 2 heterocycles. The number of hydrogen-bond acceptors (Lipinski definition) is 3. The summed E-state index contributed by atoms with van der Waals surface area (Å²) in [5, 5.41) is 10.0. The molecule has 25 heavy (non-hydrogen) atoms. The predicted molar refractivity (Wildman–Crippen MR) is 84.4 cm³/mol. The molecular weight excluding hydrogens is 335 g/mol. The average molecular weight is 355 g/mol. The fraction of sp³-hybridized carbons (Fsp3) is 0.500. The van der Waals surface area contributed by atoms with Crippen LogP contribution in [-0.2, 0) is 15.7 Å². The number of rotatable bonds is 2. The largest absolute Gasteiger partial charge is 0.498 e. The third kappa shape index (κ3) is 3.66. The van der Waals surface area contributed by atoms with Gasteiger partial charge in [-0.25, -0.2) is 0 Å². The molecule has 1 aromatic carbocycles. The number of carbonyl (C=O) groups excluding carboxylic acids is 1. The van der Waals surface area contributed by atoms with Crippen molar-refractivity contribution < 1.29 is 27.8 Å². The molecule has 1 amide bonds. The van der Waals surface area contributed by atoms with E-state index < -0.39 is 23.9 Å². The van der Waals surface area contributed by atoms with Crippen molar-refractivity contribution in [1.82, 2.24) is 4.90 Å². The van der Waals surface area contributed by atoms with Gasteiger partial charge in [-0.15, -0.1) is 0 Å². The number of ether oxygens (including phenoxy) is 1. The van der Waals surface area contributed by atoms with Crippen molar-refractivity contribution in [1.29, 1.82) is 0 Å². The molecule has 1 aromatic rings. The standard InChI is InChI=1S/C18H20F3NO3/c1-11-15(6-3-7-25-11)17(24)22-10-14(23)9-16(22)12-4-2-5-13(8-12)18(19,20)21/h2,4-5,8,14,16,23H,3,6-7,9-10H2,1H3/t14-,16+/m1/s1. The van der Waals surface area contributed by atoms with Gasteiger partial charge in [0.05, 0.1) is 29.9 Å². The Hall–Kier alpha value is -2.02. The third-order valence-electron chi connectivity index (χ3n) is 4.71. The highest BCUT2D eigenvalue weighted by Crippen LogP contribution is 2.37. The lowest BCUT2D eigenvalue weighted by atomic mass is 9.99. The van der Waals surface area contributed by atoms with Crippen LogP contribution in [0.5, 0.6) is 0 Å². The molecular formula is C18H20F3NO3. The highest BCUT2D eigenvalue weighted by atomic mass is 19.4. The zero-order valence-electron chi connectivity index (χ0n) is 13.8. The number of aliphatic hydroxyl groups excluding tert-OH is 1. The maximum atomic E-state index is 13.0. The monoisotopic (exact) mass is 355 g/mol. The summed E-state index contributed by atoms with van der Waals surface area (Å²) < 4.78 is 44.3. The summed E-state index contributed by atoms with van der Waals surface area (Å²) in [5.41, 5.74) is 0.169. The molecule has 4 nitrogen and oxygen atoms in total. The maximum Gasteiger partial charge on any atom is 0.416 e. The zero-order chi connectivity index (χ0) is 18.2. The first-order valence-corrected chi connectivity index (χ1v) is 8.26. The topological polar surface area (TPSA) is 49.8 Å². The molecule has 0 unspecified atom stereocenters. The van der Waals surface area contributed by atoms with Crippen molar-refractivity contribution in [3.05, 3.63) is 46.7 Å². The van der Waals surface area contributed by atoms with Crippen molar-refractivity contribution in [3.63, 3.8) is 0 Å². The second kappa shape index (κ2) is 6.71. The molecule has 1 fully saturated rings. The number of allylic oxidation sites excluding steroid dienone is 1. The number of aliphatic hydroxyl groups is 1. The second-order valence-corrected chi connectivity index (χ2v) is 6.47.